The molecule has 0 radical (unpaired) electrons. The van der Waals surface area contributed by atoms with Crippen LogP contribution >= 0.6 is 0 Å². The molecule has 1 saturated heterocycles. The van der Waals surface area contributed by atoms with Gasteiger partial charge in [-0.3, -0.25) is 4.79 Å². The number of nitrogens with zero attached hydrogens (tertiary/aromatic N) is 3. The quantitative estimate of drug-likeness (QED) is 0.512. The number of ketones is 1. The second-order valence-corrected chi connectivity index (χ2v) is 8.18. The van der Waals surface area contributed by atoms with Crippen molar-refractivity contribution >= 4 is 27.6 Å². The molecule has 29 heavy (non-hydrogen) atoms. The lowest BCUT2D eigenvalue weighted by Crippen LogP contribution is -2.24. The van der Waals surface area contributed by atoms with Gasteiger partial charge < -0.3 is 13.9 Å². The van der Waals surface area contributed by atoms with Gasteiger partial charge in [-0.1, -0.05) is 0 Å². The number of likely N-dealkylation sites (tertiary alicyclic amines) is 1. The molecule has 0 N–H and O–H groups in total. The van der Waals surface area contributed by atoms with E-state index in [1.54, 1.807) is 12.5 Å². The Kier molecular flexibility index (Phi) is 3.84. The predicted molar refractivity (Wildman–Crippen MR) is 113 cm³/mol. The van der Waals surface area contributed by atoms with Crippen LogP contribution in [0.5, 0.6) is 0 Å². The number of benzene rings is 2. The molecule has 2 aromatic carbocycles. The number of oxazole rings is 1. The van der Waals surface area contributed by atoms with Crippen LogP contribution < -0.4 is 0 Å². The molecule has 0 atom stereocenters. The second-order valence-electron chi connectivity index (χ2n) is 8.18. The lowest BCUT2D eigenvalue weighted by Gasteiger charge is -2.16. The molecular weight excluding hydrogens is 362 g/mol. The van der Waals surface area contributed by atoms with Crippen LogP contribution in [0.25, 0.3) is 33.3 Å². The van der Waals surface area contributed by atoms with Crippen LogP contribution in [0, 0.1) is 0 Å². The van der Waals surface area contributed by atoms with E-state index in [4.69, 9.17) is 4.42 Å². The number of Topliss-reactive ketones (excluding diaryl/α,β-unsaturated/α-hetero) is 1. The fourth-order valence-corrected chi connectivity index (χ4v) is 5.14. The smallest absolute Gasteiger partial charge is 0.225 e. The monoisotopic (exact) mass is 385 g/mol. The minimum atomic E-state index is 0.267. The highest BCUT2D eigenvalue weighted by atomic mass is 16.3. The molecule has 2 aromatic heterocycles. The van der Waals surface area contributed by atoms with E-state index in [0.717, 1.165) is 30.6 Å². The molecule has 1 aliphatic heterocycles. The molecule has 5 nitrogen and oxygen atoms in total. The van der Waals surface area contributed by atoms with Crippen molar-refractivity contribution in [2.24, 2.45) is 0 Å². The third-order valence-electron chi connectivity index (χ3n) is 6.56. The van der Waals surface area contributed by atoms with Crippen LogP contribution in [-0.4, -0.2) is 39.9 Å². The van der Waals surface area contributed by atoms with Crippen LogP contribution in [0.3, 0.4) is 0 Å². The van der Waals surface area contributed by atoms with Crippen molar-refractivity contribution in [1.29, 1.82) is 0 Å². The first kappa shape index (κ1) is 17.0. The highest BCUT2D eigenvalue weighted by Gasteiger charge is 2.25. The number of hydrogen-bond donors (Lipinski definition) is 0. The molecular formula is C24H23N3O2. The van der Waals surface area contributed by atoms with Gasteiger partial charge in [-0.05, 0) is 68.2 Å². The summed E-state index contributed by atoms with van der Waals surface area (Å²) in [7, 11) is 0. The number of fused-ring (bicyclic) bond motifs is 5. The third-order valence-corrected chi connectivity index (χ3v) is 6.56. The van der Waals surface area contributed by atoms with Crippen molar-refractivity contribution in [1.82, 2.24) is 14.5 Å². The Bertz CT molecular complexity index is 1230. The number of rotatable bonds is 4. The lowest BCUT2D eigenvalue weighted by molar-refractivity contribution is 0.0994. The summed E-state index contributed by atoms with van der Waals surface area (Å²) >= 11 is 0. The number of carbonyl (C=O) groups excluding carboxylic acids is 1. The van der Waals surface area contributed by atoms with Crippen molar-refractivity contribution in [3.05, 3.63) is 53.9 Å². The zero-order valence-corrected chi connectivity index (χ0v) is 16.4. The summed E-state index contributed by atoms with van der Waals surface area (Å²) in [6, 6.07) is 10.6. The van der Waals surface area contributed by atoms with Gasteiger partial charge in [0.15, 0.2) is 5.78 Å². The Morgan fingerprint density at radius 2 is 1.86 bits per heavy atom. The Morgan fingerprint density at radius 3 is 2.69 bits per heavy atom. The van der Waals surface area contributed by atoms with Crippen LogP contribution in [0.4, 0.5) is 0 Å². The standard InChI is InChI=1S/C24H23N3O2/c28-22-8-5-18-17(22)4-7-21-23(18)19-15-16(24-25-9-14-29-24)3-6-20(19)27(21)13-12-26-10-1-2-11-26/h3-4,6-7,9,14-15H,1-2,5,8,10-13H2. The summed E-state index contributed by atoms with van der Waals surface area (Å²) in [4.78, 5) is 19.2. The number of carbonyl (C=O) groups is 1. The average molecular weight is 385 g/mol. The van der Waals surface area contributed by atoms with E-state index in [-0.39, 0.29) is 5.78 Å². The van der Waals surface area contributed by atoms with Crippen molar-refractivity contribution in [3.63, 3.8) is 0 Å². The maximum absolute atomic E-state index is 12.4. The molecule has 3 heterocycles. The van der Waals surface area contributed by atoms with Gasteiger partial charge in [0.2, 0.25) is 5.89 Å². The summed E-state index contributed by atoms with van der Waals surface area (Å²) in [5, 5.41) is 2.43. The first-order valence-corrected chi connectivity index (χ1v) is 10.5. The summed E-state index contributed by atoms with van der Waals surface area (Å²) in [6.45, 7) is 4.44. The van der Waals surface area contributed by atoms with Crippen molar-refractivity contribution in [3.8, 4) is 11.5 Å². The van der Waals surface area contributed by atoms with Gasteiger partial charge in [-0.15, -0.1) is 0 Å². The Hall–Kier alpha value is -2.92. The molecule has 0 unspecified atom stereocenters. The number of hydrogen-bond acceptors (Lipinski definition) is 4. The van der Waals surface area contributed by atoms with E-state index in [1.807, 2.05) is 6.07 Å². The normalized spacial score (nSPS) is 17.0. The maximum Gasteiger partial charge on any atom is 0.225 e. The van der Waals surface area contributed by atoms with Crippen LogP contribution in [0.2, 0.25) is 0 Å². The van der Waals surface area contributed by atoms with E-state index >= 15 is 0 Å². The first-order chi connectivity index (χ1) is 14.3. The highest BCUT2D eigenvalue weighted by Crippen LogP contribution is 2.38. The Balaban J connectivity index is 1.56. The van der Waals surface area contributed by atoms with Gasteiger partial charge in [0.25, 0.3) is 0 Å². The van der Waals surface area contributed by atoms with Gasteiger partial charge in [-0.2, -0.15) is 0 Å². The molecule has 0 saturated carbocycles. The van der Waals surface area contributed by atoms with Crippen LogP contribution in [-0.2, 0) is 13.0 Å². The largest absolute Gasteiger partial charge is 0.445 e. The number of aromatic nitrogens is 2. The SMILES string of the molecule is O=C1CCc2c1ccc1c2c2cc(-c3ncco3)ccc2n1CCN1CCCC1. The van der Waals surface area contributed by atoms with Gasteiger partial charge in [0.05, 0.1) is 6.20 Å². The van der Waals surface area contributed by atoms with Gasteiger partial charge in [0, 0.05) is 52.4 Å². The maximum atomic E-state index is 12.4. The fourth-order valence-electron chi connectivity index (χ4n) is 5.14. The molecule has 2 aliphatic rings. The topological polar surface area (TPSA) is 51.3 Å². The minimum Gasteiger partial charge on any atom is -0.445 e. The molecule has 146 valence electrons. The summed E-state index contributed by atoms with van der Waals surface area (Å²) in [6.07, 6.45) is 7.35. The van der Waals surface area contributed by atoms with E-state index in [1.165, 1.54) is 53.3 Å². The molecule has 4 aromatic rings. The molecule has 1 fully saturated rings. The minimum absolute atomic E-state index is 0.267. The van der Waals surface area contributed by atoms with Crippen molar-refractivity contribution in [2.75, 3.05) is 19.6 Å². The van der Waals surface area contributed by atoms with Crippen molar-refractivity contribution in [2.45, 2.75) is 32.2 Å². The van der Waals surface area contributed by atoms with Gasteiger partial charge in [-0.25, -0.2) is 4.98 Å². The Labute approximate surface area is 168 Å². The predicted octanol–water partition coefficient (Wildman–Crippen LogP) is 4.67. The average Bonchev–Trinajstić information content (AvgIpc) is 3.53. The highest BCUT2D eigenvalue weighted by molar-refractivity contribution is 6.15. The second kappa shape index (κ2) is 6.56. The number of aryl methyl sites for hydroxylation is 1. The van der Waals surface area contributed by atoms with E-state index < -0.39 is 0 Å². The lowest BCUT2D eigenvalue weighted by atomic mass is 10.0. The molecule has 6 rings (SSSR count). The molecule has 0 bridgehead atoms. The van der Waals surface area contributed by atoms with Crippen molar-refractivity contribution < 1.29 is 9.21 Å². The van der Waals surface area contributed by atoms with Crippen LogP contribution in [0.15, 0.2) is 47.2 Å². The molecule has 1 aliphatic carbocycles. The fraction of sp³-hybridized carbons (Fsp3) is 0.333. The molecule has 0 amide bonds. The molecule has 0 spiro atoms. The zero-order chi connectivity index (χ0) is 19.4. The summed E-state index contributed by atoms with van der Waals surface area (Å²) < 4.78 is 7.97. The Morgan fingerprint density at radius 1 is 1.00 bits per heavy atom. The van der Waals surface area contributed by atoms with Crippen LogP contribution in [0.1, 0.15) is 35.2 Å². The van der Waals surface area contributed by atoms with E-state index in [9.17, 15) is 4.79 Å². The van der Waals surface area contributed by atoms with E-state index in [2.05, 4.69) is 38.7 Å². The van der Waals surface area contributed by atoms with Gasteiger partial charge in [0.1, 0.15) is 6.26 Å². The summed E-state index contributed by atoms with van der Waals surface area (Å²) in [5.41, 5.74) is 5.54. The van der Waals surface area contributed by atoms with Gasteiger partial charge >= 0.3 is 0 Å². The summed E-state index contributed by atoms with van der Waals surface area (Å²) in [5.74, 6) is 0.900. The third kappa shape index (κ3) is 2.64. The van der Waals surface area contributed by atoms with E-state index in [0.29, 0.717) is 12.3 Å². The zero-order valence-electron chi connectivity index (χ0n) is 16.4. The first-order valence-electron chi connectivity index (χ1n) is 10.5. The molecule has 5 heteroatoms.